The summed E-state index contributed by atoms with van der Waals surface area (Å²) in [5.41, 5.74) is 6.09. The summed E-state index contributed by atoms with van der Waals surface area (Å²) in [4.78, 5) is 26.0. The number of aromatic nitrogens is 2. The Morgan fingerprint density at radius 1 is 1.06 bits per heavy atom. The van der Waals surface area contributed by atoms with E-state index in [1.165, 1.54) is 0 Å². The fraction of sp³-hybridized carbons (Fsp3) is 0.391. The topological polar surface area (TPSA) is 105 Å². The second kappa shape index (κ2) is 9.55. The van der Waals surface area contributed by atoms with E-state index in [9.17, 15) is 4.79 Å². The number of anilines is 2. The van der Waals surface area contributed by atoms with Crippen LogP contribution in [0, 0.1) is 6.92 Å². The van der Waals surface area contributed by atoms with Gasteiger partial charge in [-0.3, -0.25) is 4.79 Å². The zero-order chi connectivity index (χ0) is 22.6. The number of nitrogens with zero attached hydrogens (tertiary/aromatic N) is 5. The molecule has 1 aromatic carbocycles. The lowest BCUT2D eigenvalue weighted by atomic mass is 10.2. The normalized spacial score (nSPS) is 17.1. The van der Waals surface area contributed by atoms with Crippen LogP contribution in [0.1, 0.15) is 21.7 Å². The number of carbonyl (C=O) groups is 1. The fourth-order valence-electron chi connectivity index (χ4n) is 3.90. The Balaban J connectivity index is 1.45. The van der Waals surface area contributed by atoms with Crippen LogP contribution in [-0.2, 0) is 9.47 Å². The first-order valence-electron chi connectivity index (χ1n) is 11.0. The molecule has 172 valence electrons. The van der Waals surface area contributed by atoms with E-state index < -0.39 is 0 Å². The Bertz CT molecular complexity index is 1160. The first-order chi connectivity index (χ1) is 16.2. The van der Waals surface area contributed by atoms with Crippen molar-refractivity contribution in [1.82, 2.24) is 14.9 Å². The minimum atomic E-state index is -0.170. The van der Waals surface area contributed by atoms with E-state index in [-0.39, 0.29) is 11.7 Å². The molecule has 33 heavy (non-hydrogen) atoms. The van der Waals surface area contributed by atoms with Crippen LogP contribution in [0.15, 0.2) is 39.9 Å². The van der Waals surface area contributed by atoms with Gasteiger partial charge in [0.05, 0.1) is 32.6 Å². The van der Waals surface area contributed by atoms with E-state index in [0.29, 0.717) is 75.5 Å². The lowest BCUT2D eigenvalue weighted by molar-refractivity contribution is 0.0284. The van der Waals surface area contributed by atoms with Gasteiger partial charge in [0.25, 0.3) is 5.91 Å². The predicted octanol–water partition coefficient (Wildman–Crippen LogP) is 2.29. The van der Waals surface area contributed by atoms with Crippen molar-refractivity contribution in [3.8, 4) is 0 Å². The number of furan rings is 1. The average Bonchev–Trinajstić information content (AvgIpc) is 3.28. The van der Waals surface area contributed by atoms with Gasteiger partial charge in [-0.15, -0.1) is 0 Å². The van der Waals surface area contributed by atoms with Gasteiger partial charge in [0.1, 0.15) is 5.52 Å². The van der Waals surface area contributed by atoms with Crippen LogP contribution in [0.2, 0.25) is 0 Å². The summed E-state index contributed by atoms with van der Waals surface area (Å²) in [5.74, 6) is 1.03. The largest absolute Gasteiger partial charge is 0.445 e. The van der Waals surface area contributed by atoms with Gasteiger partial charge in [0.2, 0.25) is 5.95 Å². The predicted molar refractivity (Wildman–Crippen MR) is 124 cm³/mol. The zero-order valence-electron chi connectivity index (χ0n) is 18.5. The number of ether oxygens (including phenoxy) is 2. The van der Waals surface area contributed by atoms with Gasteiger partial charge in [-0.1, -0.05) is 29.8 Å². The van der Waals surface area contributed by atoms with Gasteiger partial charge in [-0.2, -0.15) is 10.1 Å². The molecule has 0 bridgehead atoms. The first kappa shape index (κ1) is 21.4. The molecule has 0 atom stereocenters. The van der Waals surface area contributed by atoms with E-state index in [1.807, 2.05) is 31.2 Å². The van der Waals surface area contributed by atoms with Crippen molar-refractivity contribution in [2.45, 2.75) is 6.92 Å². The molecule has 5 rings (SSSR count). The summed E-state index contributed by atoms with van der Waals surface area (Å²) >= 11 is 0. The minimum absolute atomic E-state index is 0.170. The second-order valence-electron chi connectivity index (χ2n) is 7.98. The van der Waals surface area contributed by atoms with Crippen molar-refractivity contribution < 1.29 is 18.7 Å². The second-order valence-corrected chi connectivity index (χ2v) is 7.98. The van der Waals surface area contributed by atoms with Crippen LogP contribution in [0.5, 0.6) is 0 Å². The molecule has 10 nitrogen and oxygen atoms in total. The third-order valence-electron chi connectivity index (χ3n) is 5.59. The van der Waals surface area contributed by atoms with Crippen LogP contribution in [0.25, 0.3) is 11.1 Å². The molecule has 0 saturated carbocycles. The summed E-state index contributed by atoms with van der Waals surface area (Å²) in [7, 11) is 0. The van der Waals surface area contributed by atoms with Crippen LogP contribution in [-0.4, -0.2) is 79.6 Å². The molecule has 2 fully saturated rings. The smallest absolute Gasteiger partial charge is 0.289 e. The number of amides is 1. The Morgan fingerprint density at radius 3 is 2.58 bits per heavy atom. The molecule has 0 aliphatic carbocycles. The van der Waals surface area contributed by atoms with Gasteiger partial charge >= 0.3 is 0 Å². The molecule has 1 N–H and O–H groups in total. The summed E-state index contributed by atoms with van der Waals surface area (Å²) < 4.78 is 16.8. The Labute approximate surface area is 191 Å². The number of hydrazone groups is 1. The summed E-state index contributed by atoms with van der Waals surface area (Å²) in [6.45, 7) is 6.70. The molecule has 2 aliphatic rings. The van der Waals surface area contributed by atoms with Gasteiger partial charge in [0, 0.05) is 32.2 Å². The molecule has 0 spiro atoms. The van der Waals surface area contributed by atoms with E-state index >= 15 is 0 Å². The number of nitrogens with one attached hydrogen (secondary N) is 1. The highest BCUT2D eigenvalue weighted by Crippen LogP contribution is 2.29. The van der Waals surface area contributed by atoms with Crippen LogP contribution < -0.4 is 10.3 Å². The maximum absolute atomic E-state index is 13.0. The summed E-state index contributed by atoms with van der Waals surface area (Å²) in [5, 5.41) is 4.30. The average molecular weight is 450 g/mol. The van der Waals surface area contributed by atoms with Crippen LogP contribution in [0.4, 0.5) is 11.8 Å². The fourth-order valence-corrected chi connectivity index (χ4v) is 3.90. The molecule has 2 saturated heterocycles. The highest BCUT2D eigenvalue weighted by atomic mass is 16.5. The SMILES string of the molecule is Cc1cccc(/C=N/Nc2nc(N3CCOCC3)c3oc(C(=O)N4CCOCC4)cc3n2)c1. The van der Waals surface area contributed by atoms with Gasteiger partial charge < -0.3 is 23.7 Å². The molecule has 10 heteroatoms. The number of carbonyl (C=O) groups excluding carboxylic acids is 1. The number of rotatable bonds is 5. The van der Waals surface area contributed by atoms with Crippen molar-refractivity contribution >= 4 is 35.0 Å². The molecule has 4 heterocycles. The Kier molecular flexibility index (Phi) is 6.18. The van der Waals surface area contributed by atoms with E-state index in [0.717, 1.165) is 11.1 Å². The molecule has 2 aromatic heterocycles. The van der Waals surface area contributed by atoms with E-state index in [1.54, 1.807) is 17.2 Å². The van der Waals surface area contributed by atoms with E-state index in [4.69, 9.17) is 13.9 Å². The maximum Gasteiger partial charge on any atom is 0.289 e. The quantitative estimate of drug-likeness (QED) is 0.466. The highest BCUT2D eigenvalue weighted by molar-refractivity contribution is 5.97. The van der Waals surface area contributed by atoms with Crippen LogP contribution >= 0.6 is 0 Å². The summed E-state index contributed by atoms with van der Waals surface area (Å²) in [6, 6.07) is 9.70. The maximum atomic E-state index is 13.0. The number of hydrogen-bond acceptors (Lipinski definition) is 9. The molecule has 1 amide bonds. The van der Waals surface area contributed by atoms with Crippen molar-refractivity contribution in [3.05, 3.63) is 47.2 Å². The number of hydrogen-bond donors (Lipinski definition) is 1. The Morgan fingerprint density at radius 2 is 1.82 bits per heavy atom. The third kappa shape index (κ3) is 4.81. The van der Waals surface area contributed by atoms with E-state index in [2.05, 4.69) is 25.4 Å². The van der Waals surface area contributed by atoms with Gasteiger partial charge in [0.15, 0.2) is 17.2 Å². The van der Waals surface area contributed by atoms with Gasteiger partial charge in [-0.25, -0.2) is 10.4 Å². The lowest BCUT2D eigenvalue weighted by Crippen LogP contribution is -2.40. The van der Waals surface area contributed by atoms with Crippen molar-refractivity contribution in [1.29, 1.82) is 0 Å². The van der Waals surface area contributed by atoms with Crippen molar-refractivity contribution in [2.24, 2.45) is 5.10 Å². The summed E-state index contributed by atoms with van der Waals surface area (Å²) in [6.07, 6.45) is 1.72. The zero-order valence-corrected chi connectivity index (χ0v) is 18.5. The molecular formula is C23H26N6O4. The third-order valence-corrected chi connectivity index (χ3v) is 5.59. The molecule has 0 unspecified atom stereocenters. The molecule has 2 aliphatic heterocycles. The van der Waals surface area contributed by atoms with Crippen molar-refractivity contribution in [3.63, 3.8) is 0 Å². The van der Waals surface area contributed by atoms with Gasteiger partial charge in [-0.05, 0) is 12.5 Å². The van der Waals surface area contributed by atoms with Crippen molar-refractivity contribution in [2.75, 3.05) is 62.9 Å². The monoisotopic (exact) mass is 450 g/mol. The molecule has 3 aromatic rings. The standard InChI is InChI=1S/C23H26N6O4/c1-16-3-2-4-17(13-16)15-24-27-23-25-18-14-19(22(30)29-7-11-32-12-8-29)33-20(18)21(26-23)28-5-9-31-10-6-28/h2-4,13-15H,5-12H2,1H3,(H,25,26,27)/b24-15+. The number of fused-ring (bicyclic) bond motifs is 1. The minimum Gasteiger partial charge on any atom is -0.445 e. The number of benzene rings is 1. The lowest BCUT2D eigenvalue weighted by Gasteiger charge is -2.27. The number of aryl methyl sites for hydroxylation is 1. The number of morpholine rings is 2. The highest BCUT2D eigenvalue weighted by Gasteiger charge is 2.26. The molecule has 0 radical (unpaired) electrons. The first-order valence-corrected chi connectivity index (χ1v) is 11.0. The molecular weight excluding hydrogens is 424 g/mol. The Hall–Kier alpha value is -3.50. The van der Waals surface area contributed by atoms with Crippen LogP contribution in [0.3, 0.4) is 0 Å².